The monoisotopic (exact) mass is 572 g/mol. The zero-order chi connectivity index (χ0) is 22.1. The van der Waals surface area contributed by atoms with Crippen LogP contribution in [0.5, 0.6) is 5.75 Å². The summed E-state index contributed by atoms with van der Waals surface area (Å²) in [6.45, 7) is 12.1. The van der Waals surface area contributed by atoms with E-state index in [0.717, 1.165) is 81.2 Å². The Morgan fingerprint density at radius 3 is 2.53 bits per heavy atom. The van der Waals surface area contributed by atoms with E-state index >= 15 is 0 Å². The largest absolute Gasteiger partial charge is 0.497 e. The molecule has 1 N–H and O–H groups in total. The van der Waals surface area contributed by atoms with Gasteiger partial charge in [-0.05, 0) is 44.5 Å². The highest BCUT2D eigenvalue weighted by molar-refractivity contribution is 14.0. The summed E-state index contributed by atoms with van der Waals surface area (Å²) in [7, 11) is 3.79. The maximum absolute atomic E-state index is 5.26. The first-order valence-corrected chi connectivity index (χ1v) is 12.0. The molecule has 178 valence electrons. The summed E-state index contributed by atoms with van der Waals surface area (Å²) < 4.78 is 5.26. The average Bonchev–Trinajstić information content (AvgIpc) is 3.20. The lowest BCUT2D eigenvalue weighted by Gasteiger charge is -2.36. The molecule has 0 aliphatic carbocycles. The number of benzene rings is 1. The van der Waals surface area contributed by atoms with E-state index in [9.17, 15) is 0 Å². The van der Waals surface area contributed by atoms with Gasteiger partial charge in [0.05, 0.1) is 24.4 Å². The molecule has 1 aliphatic heterocycles. The number of guanidine groups is 1. The van der Waals surface area contributed by atoms with Gasteiger partial charge in [-0.15, -0.1) is 35.3 Å². The maximum atomic E-state index is 5.26. The quantitative estimate of drug-likeness (QED) is 0.214. The number of piperazine rings is 1. The van der Waals surface area contributed by atoms with E-state index in [-0.39, 0.29) is 24.0 Å². The predicted octanol–water partition coefficient (Wildman–Crippen LogP) is 3.69. The summed E-state index contributed by atoms with van der Waals surface area (Å²) in [6.07, 6.45) is 1.07. The highest BCUT2D eigenvalue weighted by atomic mass is 127. The van der Waals surface area contributed by atoms with Gasteiger partial charge in [-0.25, -0.2) is 4.98 Å². The van der Waals surface area contributed by atoms with E-state index in [1.165, 1.54) is 5.69 Å². The van der Waals surface area contributed by atoms with Crippen molar-refractivity contribution in [3.63, 3.8) is 0 Å². The van der Waals surface area contributed by atoms with Crippen LogP contribution in [0.25, 0.3) is 0 Å². The molecule has 0 saturated carbocycles. The van der Waals surface area contributed by atoms with E-state index in [0.29, 0.717) is 0 Å². The molecule has 0 atom stereocenters. The molecule has 0 bridgehead atoms. The Morgan fingerprint density at radius 2 is 1.94 bits per heavy atom. The van der Waals surface area contributed by atoms with Crippen molar-refractivity contribution in [2.75, 3.05) is 64.9 Å². The van der Waals surface area contributed by atoms with Gasteiger partial charge in [0, 0.05) is 63.9 Å². The van der Waals surface area contributed by atoms with Crippen LogP contribution < -0.4 is 15.0 Å². The number of thiazole rings is 1. The Hall–Kier alpha value is -1.59. The molecule has 9 heteroatoms. The van der Waals surface area contributed by atoms with Gasteiger partial charge in [0.2, 0.25) is 0 Å². The van der Waals surface area contributed by atoms with Crippen LogP contribution in [0.15, 0.2) is 34.6 Å². The van der Waals surface area contributed by atoms with Gasteiger partial charge in [0.25, 0.3) is 0 Å². The van der Waals surface area contributed by atoms with Crippen LogP contribution in [0, 0.1) is 6.92 Å². The second kappa shape index (κ2) is 13.8. The number of methoxy groups -OCH3 is 1. The zero-order valence-corrected chi connectivity index (χ0v) is 22.9. The van der Waals surface area contributed by atoms with E-state index in [4.69, 9.17) is 9.73 Å². The van der Waals surface area contributed by atoms with Crippen LogP contribution in [0.2, 0.25) is 0 Å². The minimum Gasteiger partial charge on any atom is -0.497 e. The van der Waals surface area contributed by atoms with Crippen LogP contribution in [0.4, 0.5) is 5.69 Å². The number of aromatic nitrogens is 1. The van der Waals surface area contributed by atoms with Crippen LogP contribution in [0.3, 0.4) is 0 Å². The number of hydrogen-bond acceptors (Lipinski definition) is 6. The Bertz CT molecular complexity index is 820. The first-order valence-electron chi connectivity index (χ1n) is 11.1. The van der Waals surface area contributed by atoms with Crippen LogP contribution in [-0.4, -0.2) is 80.7 Å². The number of hydrogen-bond donors (Lipinski definition) is 1. The Balaban J connectivity index is 0.00000363. The van der Waals surface area contributed by atoms with Gasteiger partial charge in [-0.2, -0.15) is 0 Å². The van der Waals surface area contributed by atoms with Crippen molar-refractivity contribution < 1.29 is 4.74 Å². The molecule has 1 aromatic heterocycles. The molecule has 0 unspecified atom stereocenters. The van der Waals surface area contributed by atoms with Gasteiger partial charge in [0.1, 0.15) is 5.75 Å². The van der Waals surface area contributed by atoms with Crippen molar-refractivity contribution in [1.29, 1.82) is 0 Å². The standard InChI is InChI=1S/C23H36N6OS.HI/c1-5-24-23(27(3)17-20-18-31-19(2)26-20)25-11-6-12-28-13-15-29(16-14-28)21-7-9-22(30-4)10-8-21;/h7-10,18H,5-6,11-17H2,1-4H3,(H,24,25);1H. The fourth-order valence-electron chi connectivity index (χ4n) is 3.77. The number of nitrogens with zero attached hydrogens (tertiary/aromatic N) is 5. The van der Waals surface area contributed by atoms with Gasteiger partial charge >= 0.3 is 0 Å². The minimum absolute atomic E-state index is 0. The molecule has 2 aromatic rings. The molecule has 2 heterocycles. The van der Waals surface area contributed by atoms with E-state index in [1.54, 1.807) is 18.4 Å². The van der Waals surface area contributed by atoms with Crippen molar-refractivity contribution in [1.82, 2.24) is 20.1 Å². The molecule has 1 aliphatic rings. The van der Waals surface area contributed by atoms with Gasteiger partial charge < -0.3 is 19.9 Å². The Kier molecular flexibility index (Phi) is 11.5. The molecule has 0 radical (unpaired) electrons. The van der Waals surface area contributed by atoms with Crippen molar-refractivity contribution >= 4 is 47.0 Å². The number of halogens is 1. The van der Waals surface area contributed by atoms with Crippen molar-refractivity contribution in [3.05, 3.63) is 40.3 Å². The summed E-state index contributed by atoms with van der Waals surface area (Å²) in [4.78, 5) is 16.6. The molecule has 32 heavy (non-hydrogen) atoms. The van der Waals surface area contributed by atoms with E-state index < -0.39 is 0 Å². The van der Waals surface area contributed by atoms with E-state index in [2.05, 4.69) is 56.5 Å². The van der Waals surface area contributed by atoms with Crippen LogP contribution in [-0.2, 0) is 6.54 Å². The normalized spacial score (nSPS) is 14.8. The van der Waals surface area contributed by atoms with Crippen molar-refractivity contribution in [2.24, 2.45) is 4.99 Å². The fourth-order valence-corrected chi connectivity index (χ4v) is 4.37. The zero-order valence-electron chi connectivity index (χ0n) is 19.7. The summed E-state index contributed by atoms with van der Waals surface area (Å²) >= 11 is 1.70. The predicted molar refractivity (Wildman–Crippen MR) is 146 cm³/mol. The number of aryl methyl sites for hydroxylation is 1. The second-order valence-electron chi connectivity index (χ2n) is 7.83. The Labute approximate surface area is 213 Å². The van der Waals surface area contributed by atoms with Crippen LogP contribution in [0.1, 0.15) is 24.0 Å². The number of ether oxygens (including phenoxy) is 1. The van der Waals surface area contributed by atoms with Crippen molar-refractivity contribution in [2.45, 2.75) is 26.8 Å². The minimum atomic E-state index is 0. The third-order valence-electron chi connectivity index (χ3n) is 5.47. The first-order chi connectivity index (χ1) is 15.1. The molecule has 1 fully saturated rings. The van der Waals surface area contributed by atoms with Gasteiger partial charge in [0.15, 0.2) is 5.96 Å². The van der Waals surface area contributed by atoms with Gasteiger partial charge in [-0.3, -0.25) is 9.89 Å². The third-order valence-corrected chi connectivity index (χ3v) is 6.29. The number of nitrogens with one attached hydrogen (secondary N) is 1. The van der Waals surface area contributed by atoms with Gasteiger partial charge in [-0.1, -0.05) is 0 Å². The van der Waals surface area contributed by atoms with E-state index in [1.807, 2.05) is 19.1 Å². The van der Waals surface area contributed by atoms with Crippen LogP contribution >= 0.6 is 35.3 Å². The number of rotatable bonds is 9. The molecular formula is C23H37IN6OS. The molecular weight excluding hydrogens is 535 g/mol. The highest BCUT2D eigenvalue weighted by Crippen LogP contribution is 2.20. The molecule has 1 aromatic carbocycles. The molecule has 7 nitrogen and oxygen atoms in total. The lowest BCUT2D eigenvalue weighted by molar-refractivity contribution is 0.256. The summed E-state index contributed by atoms with van der Waals surface area (Å²) in [5.41, 5.74) is 2.38. The molecule has 1 saturated heterocycles. The van der Waals surface area contributed by atoms with Crippen molar-refractivity contribution in [3.8, 4) is 5.75 Å². The SMILES string of the molecule is CCNC(=NCCCN1CCN(c2ccc(OC)cc2)CC1)N(C)Cc1csc(C)n1.I. The Morgan fingerprint density at radius 1 is 1.22 bits per heavy atom. The lowest BCUT2D eigenvalue weighted by Crippen LogP contribution is -2.46. The summed E-state index contributed by atoms with van der Waals surface area (Å²) in [5, 5.41) is 6.64. The lowest BCUT2D eigenvalue weighted by atomic mass is 10.2. The molecule has 0 amide bonds. The number of aliphatic imine (C=N–C) groups is 1. The highest BCUT2D eigenvalue weighted by Gasteiger charge is 2.17. The smallest absolute Gasteiger partial charge is 0.194 e. The topological polar surface area (TPSA) is 56.2 Å². The summed E-state index contributed by atoms with van der Waals surface area (Å²) in [6, 6.07) is 8.37. The maximum Gasteiger partial charge on any atom is 0.194 e. The number of anilines is 1. The average molecular weight is 573 g/mol. The third kappa shape index (κ3) is 8.08. The summed E-state index contributed by atoms with van der Waals surface area (Å²) in [5.74, 6) is 1.87. The second-order valence-corrected chi connectivity index (χ2v) is 8.89. The fraction of sp³-hybridized carbons (Fsp3) is 0.565. The first kappa shape index (κ1) is 26.7. The molecule has 3 rings (SSSR count). The molecule has 0 spiro atoms.